The van der Waals surface area contributed by atoms with Gasteiger partial charge in [0.1, 0.15) is 5.82 Å². The Labute approximate surface area is 92.7 Å². The molecule has 1 aromatic heterocycles. The van der Waals surface area contributed by atoms with E-state index >= 15 is 0 Å². The Hall–Kier alpha value is -0.830. The van der Waals surface area contributed by atoms with Gasteiger partial charge in [-0.2, -0.15) is 0 Å². The summed E-state index contributed by atoms with van der Waals surface area (Å²) in [7, 11) is 0. The molecule has 0 aliphatic rings. The van der Waals surface area contributed by atoms with Crippen molar-refractivity contribution in [2.24, 2.45) is 0 Å². The summed E-state index contributed by atoms with van der Waals surface area (Å²) in [5, 5.41) is 3.61. The van der Waals surface area contributed by atoms with Gasteiger partial charge < -0.3 is 10.3 Å². The molecule has 0 spiro atoms. The average Bonchev–Trinajstić information content (AvgIpc) is 2.77. The molecular formula is C12H23N3. The molecule has 0 radical (unpaired) electrons. The van der Waals surface area contributed by atoms with Gasteiger partial charge in [-0.05, 0) is 19.8 Å². The first-order valence-electron chi connectivity index (χ1n) is 6.03. The van der Waals surface area contributed by atoms with E-state index in [1.807, 2.05) is 6.20 Å². The standard InChI is InChI=1S/C12H23N3/c1-4-6-7-11(5-2)15-10(3)12-13-8-9-14-12/h8-11,15H,4-7H2,1-3H3,(H,13,14). The monoisotopic (exact) mass is 209 g/mol. The highest BCUT2D eigenvalue weighted by molar-refractivity contribution is 4.94. The van der Waals surface area contributed by atoms with Gasteiger partial charge in [0.05, 0.1) is 6.04 Å². The first kappa shape index (κ1) is 12.2. The molecule has 0 fully saturated rings. The minimum absolute atomic E-state index is 0.321. The summed E-state index contributed by atoms with van der Waals surface area (Å²) in [4.78, 5) is 7.41. The van der Waals surface area contributed by atoms with Gasteiger partial charge in [-0.3, -0.25) is 0 Å². The lowest BCUT2D eigenvalue weighted by Crippen LogP contribution is -2.31. The van der Waals surface area contributed by atoms with E-state index in [9.17, 15) is 0 Å². The summed E-state index contributed by atoms with van der Waals surface area (Å²) in [5.41, 5.74) is 0. The van der Waals surface area contributed by atoms with Gasteiger partial charge in [-0.25, -0.2) is 4.98 Å². The van der Waals surface area contributed by atoms with Gasteiger partial charge in [0.25, 0.3) is 0 Å². The van der Waals surface area contributed by atoms with E-state index in [-0.39, 0.29) is 0 Å². The third kappa shape index (κ3) is 4.04. The zero-order valence-electron chi connectivity index (χ0n) is 10.1. The van der Waals surface area contributed by atoms with Gasteiger partial charge in [0.15, 0.2) is 0 Å². The molecular weight excluding hydrogens is 186 g/mol. The van der Waals surface area contributed by atoms with Crippen LogP contribution in [0.25, 0.3) is 0 Å². The lowest BCUT2D eigenvalue weighted by Gasteiger charge is -2.20. The van der Waals surface area contributed by atoms with E-state index in [2.05, 4.69) is 36.1 Å². The largest absolute Gasteiger partial charge is 0.347 e. The van der Waals surface area contributed by atoms with Crippen molar-refractivity contribution in [1.82, 2.24) is 15.3 Å². The van der Waals surface area contributed by atoms with E-state index in [0.29, 0.717) is 12.1 Å². The zero-order chi connectivity index (χ0) is 11.1. The minimum Gasteiger partial charge on any atom is -0.347 e. The van der Waals surface area contributed by atoms with Crippen LogP contribution >= 0.6 is 0 Å². The minimum atomic E-state index is 0.321. The van der Waals surface area contributed by atoms with E-state index < -0.39 is 0 Å². The van der Waals surface area contributed by atoms with Crippen LogP contribution in [0.5, 0.6) is 0 Å². The molecule has 0 saturated carbocycles. The number of rotatable bonds is 7. The SMILES string of the molecule is CCCCC(CC)NC(C)c1ncc[nH]1. The molecule has 1 rings (SSSR count). The normalized spacial score (nSPS) is 15.1. The number of hydrogen-bond donors (Lipinski definition) is 2. The summed E-state index contributed by atoms with van der Waals surface area (Å²) < 4.78 is 0. The van der Waals surface area contributed by atoms with Crippen LogP contribution in [0.1, 0.15) is 58.3 Å². The highest BCUT2D eigenvalue weighted by Crippen LogP contribution is 2.11. The molecule has 15 heavy (non-hydrogen) atoms. The molecule has 2 unspecified atom stereocenters. The quantitative estimate of drug-likeness (QED) is 0.724. The molecule has 3 nitrogen and oxygen atoms in total. The highest BCUT2D eigenvalue weighted by Gasteiger charge is 2.12. The van der Waals surface area contributed by atoms with Crippen molar-refractivity contribution in [2.45, 2.75) is 58.5 Å². The number of aromatic nitrogens is 2. The third-order valence-corrected chi connectivity index (χ3v) is 2.81. The summed E-state index contributed by atoms with van der Waals surface area (Å²) >= 11 is 0. The van der Waals surface area contributed by atoms with Gasteiger partial charge >= 0.3 is 0 Å². The number of H-pyrrole nitrogens is 1. The number of aromatic amines is 1. The number of unbranched alkanes of at least 4 members (excludes halogenated alkanes) is 1. The second kappa shape index (κ2) is 6.62. The second-order valence-electron chi connectivity index (χ2n) is 4.11. The third-order valence-electron chi connectivity index (χ3n) is 2.81. The Morgan fingerprint density at radius 3 is 2.80 bits per heavy atom. The molecule has 0 bridgehead atoms. The van der Waals surface area contributed by atoms with Crippen molar-refractivity contribution < 1.29 is 0 Å². The van der Waals surface area contributed by atoms with Crippen molar-refractivity contribution >= 4 is 0 Å². The highest BCUT2D eigenvalue weighted by atomic mass is 15.0. The van der Waals surface area contributed by atoms with E-state index in [0.717, 1.165) is 5.82 Å². The Morgan fingerprint density at radius 2 is 2.27 bits per heavy atom. The molecule has 0 aromatic carbocycles. The van der Waals surface area contributed by atoms with Crippen LogP contribution in [-0.2, 0) is 0 Å². The fraction of sp³-hybridized carbons (Fsp3) is 0.750. The van der Waals surface area contributed by atoms with Crippen LogP contribution in [0, 0.1) is 0 Å². The van der Waals surface area contributed by atoms with Crippen LogP contribution in [0.4, 0.5) is 0 Å². The smallest absolute Gasteiger partial charge is 0.122 e. The summed E-state index contributed by atoms with van der Waals surface area (Å²) in [6.07, 6.45) is 8.70. The molecule has 1 aromatic rings. The fourth-order valence-electron chi connectivity index (χ4n) is 1.80. The van der Waals surface area contributed by atoms with Gasteiger partial charge in [0.2, 0.25) is 0 Å². The summed E-state index contributed by atoms with van der Waals surface area (Å²) in [5.74, 6) is 1.03. The average molecular weight is 209 g/mol. The molecule has 1 heterocycles. The first-order chi connectivity index (χ1) is 7.27. The summed E-state index contributed by atoms with van der Waals surface area (Å²) in [6, 6.07) is 0.937. The second-order valence-corrected chi connectivity index (χ2v) is 4.11. The zero-order valence-corrected chi connectivity index (χ0v) is 10.1. The van der Waals surface area contributed by atoms with Crippen molar-refractivity contribution in [1.29, 1.82) is 0 Å². The van der Waals surface area contributed by atoms with Crippen molar-refractivity contribution in [3.05, 3.63) is 18.2 Å². The maximum Gasteiger partial charge on any atom is 0.122 e. The lowest BCUT2D eigenvalue weighted by atomic mass is 10.1. The predicted molar refractivity (Wildman–Crippen MR) is 63.7 cm³/mol. The molecule has 0 aliphatic carbocycles. The Kier molecular flexibility index (Phi) is 5.40. The molecule has 3 heteroatoms. The molecule has 2 N–H and O–H groups in total. The topological polar surface area (TPSA) is 40.7 Å². The van der Waals surface area contributed by atoms with E-state index in [1.165, 1.54) is 25.7 Å². The van der Waals surface area contributed by atoms with Crippen LogP contribution in [-0.4, -0.2) is 16.0 Å². The Bertz CT molecular complexity index is 243. The molecule has 0 amide bonds. The number of nitrogens with zero attached hydrogens (tertiary/aromatic N) is 1. The van der Waals surface area contributed by atoms with Gasteiger partial charge in [0, 0.05) is 18.4 Å². The number of hydrogen-bond acceptors (Lipinski definition) is 2. The maximum absolute atomic E-state index is 4.27. The van der Waals surface area contributed by atoms with Gasteiger partial charge in [-0.15, -0.1) is 0 Å². The van der Waals surface area contributed by atoms with Crippen molar-refractivity contribution in [2.75, 3.05) is 0 Å². The van der Waals surface area contributed by atoms with Gasteiger partial charge in [-0.1, -0.05) is 26.7 Å². The molecule has 0 aliphatic heterocycles. The Morgan fingerprint density at radius 1 is 1.47 bits per heavy atom. The molecule has 86 valence electrons. The van der Waals surface area contributed by atoms with Crippen molar-refractivity contribution in [3.8, 4) is 0 Å². The fourth-order valence-corrected chi connectivity index (χ4v) is 1.80. The lowest BCUT2D eigenvalue weighted by molar-refractivity contribution is 0.402. The van der Waals surface area contributed by atoms with E-state index in [1.54, 1.807) is 6.20 Å². The Balaban J connectivity index is 2.37. The van der Waals surface area contributed by atoms with Crippen molar-refractivity contribution in [3.63, 3.8) is 0 Å². The molecule has 0 saturated heterocycles. The van der Waals surface area contributed by atoms with Crippen LogP contribution in [0.15, 0.2) is 12.4 Å². The maximum atomic E-state index is 4.27. The molecule has 2 atom stereocenters. The van der Waals surface area contributed by atoms with Crippen LogP contribution in [0.3, 0.4) is 0 Å². The summed E-state index contributed by atoms with van der Waals surface area (Å²) in [6.45, 7) is 6.64. The van der Waals surface area contributed by atoms with Crippen LogP contribution in [0.2, 0.25) is 0 Å². The van der Waals surface area contributed by atoms with Crippen LogP contribution < -0.4 is 5.32 Å². The first-order valence-corrected chi connectivity index (χ1v) is 6.03. The number of imidazole rings is 1. The number of nitrogens with one attached hydrogen (secondary N) is 2. The van der Waals surface area contributed by atoms with E-state index in [4.69, 9.17) is 0 Å². The predicted octanol–water partition coefficient (Wildman–Crippen LogP) is 3.03.